The topological polar surface area (TPSA) is 25.2 Å². The van der Waals surface area contributed by atoms with Crippen molar-refractivity contribution in [2.75, 3.05) is 19.6 Å². The normalized spacial score (nSPS) is 15.7. The average molecular weight is 220 g/mol. The third kappa shape index (κ3) is 2.73. The molecule has 88 valence electrons. The first-order chi connectivity index (χ1) is 7.70. The number of hydrogen-bond acceptors (Lipinski definition) is 2. The molecule has 1 heterocycles. The van der Waals surface area contributed by atoms with E-state index in [0.717, 1.165) is 24.7 Å². The number of ketones is 1. The average Bonchev–Trinajstić information content (AvgIpc) is 2.97. The molecule has 1 saturated carbocycles. The first-order valence-electron chi connectivity index (χ1n) is 6.07. The number of rotatable bonds is 6. The highest BCUT2D eigenvalue weighted by Gasteiger charge is 2.24. The summed E-state index contributed by atoms with van der Waals surface area (Å²) < 4.78 is 1.90. The van der Waals surface area contributed by atoms with Gasteiger partial charge in [-0.3, -0.25) is 9.69 Å². The molecule has 1 aromatic rings. The summed E-state index contributed by atoms with van der Waals surface area (Å²) in [6.07, 6.45) is 4.61. The zero-order valence-electron chi connectivity index (χ0n) is 10.1. The van der Waals surface area contributed by atoms with Gasteiger partial charge in [0.1, 0.15) is 0 Å². The van der Waals surface area contributed by atoms with Gasteiger partial charge in [0.25, 0.3) is 0 Å². The van der Waals surface area contributed by atoms with E-state index in [-0.39, 0.29) is 5.78 Å². The molecule has 1 aliphatic rings. The summed E-state index contributed by atoms with van der Waals surface area (Å²) in [7, 11) is 1.92. The van der Waals surface area contributed by atoms with Crippen LogP contribution in [0.15, 0.2) is 18.3 Å². The van der Waals surface area contributed by atoms with Crippen molar-refractivity contribution in [3.8, 4) is 0 Å². The molecule has 0 bridgehead atoms. The number of hydrogen-bond donors (Lipinski definition) is 0. The molecule has 16 heavy (non-hydrogen) atoms. The molecule has 3 heteroatoms. The number of carbonyl (C=O) groups is 1. The van der Waals surface area contributed by atoms with Crippen LogP contribution in [0, 0.1) is 5.92 Å². The Bertz CT molecular complexity index is 366. The maximum atomic E-state index is 12.0. The minimum Gasteiger partial charge on any atom is -0.348 e. The van der Waals surface area contributed by atoms with E-state index >= 15 is 0 Å². The van der Waals surface area contributed by atoms with Crippen LogP contribution < -0.4 is 0 Å². The molecule has 0 amide bonds. The number of aryl methyl sites for hydroxylation is 1. The van der Waals surface area contributed by atoms with Gasteiger partial charge in [0, 0.05) is 19.8 Å². The highest BCUT2D eigenvalue weighted by atomic mass is 16.1. The molecule has 3 nitrogen and oxygen atoms in total. The largest absolute Gasteiger partial charge is 0.348 e. The summed E-state index contributed by atoms with van der Waals surface area (Å²) in [6, 6.07) is 3.82. The summed E-state index contributed by atoms with van der Waals surface area (Å²) in [4.78, 5) is 14.3. The Balaban J connectivity index is 1.91. The van der Waals surface area contributed by atoms with Crippen LogP contribution in [0.2, 0.25) is 0 Å². The number of likely N-dealkylation sites (N-methyl/N-ethyl adjacent to an activating group) is 1. The highest BCUT2D eigenvalue weighted by Crippen LogP contribution is 2.29. The Labute approximate surface area is 97.1 Å². The second-order valence-electron chi connectivity index (χ2n) is 4.70. The molecule has 0 N–H and O–H groups in total. The van der Waals surface area contributed by atoms with Crippen LogP contribution in [0.3, 0.4) is 0 Å². The van der Waals surface area contributed by atoms with Gasteiger partial charge in [-0.05, 0) is 37.4 Å². The van der Waals surface area contributed by atoms with Gasteiger partial charge in [-0.2, -0.15) is 0 Å². The molecule has 0 unspecified atom stereocenters. The van der Waals surface area contributed by atoms with Crippen molar-refractivity contribution in [1.29, 1.82) is 0 Å². The summed E-state index contributed by atoms with van der Waals surface area (Å²) in [5.74, 6) is 1.08. The van der Waals surface area contributed by atoms with Crippen LogP contribution in [0.1, 0.15) is 30.3 Å². The second kappa shape index (κ2) is 4.83. The Kier molecular flexibility index (Phi) is 3.44. The molecule has 0 aliphatic heterocycles. The summed E-state index contributed by atoms with van der Waals surface area (Å²) in [6.45, 7) is 4.74. The molecular weight excluding hydrogens is 200 g/mol. The lowest BCUT2D eigenvalue weighted by Gasteiger charge is -2.19. The zero-order valence-corrected chi connectivity index (χ0v) is 10.1. The Hall–Kier alpha value is -1.09. The Morgan fingerprint density at radius 3 is 2.81 bits per heavy atom. The van der Waals surface area contributed by atoms with Gasteiger partial charge in [-0.15, -0.1) is 0 Å². The van der Waals surface area contributed by atoms with Crippen molar-refractivity contribution in [2.45, 2.75) is 19.8 Å². The van der Waals surface area contributed by atoms with Crippen molar-refractivity contribution >= 4 is 5.78 Å². The van der Waals surface area contributed by atoms with E-state index < -0.39 is 0 Å². The lowest BCUT2D eigenvalue weighted by Crippen LogP contribution is -2.32. The molecule has 1 aromatic heterocycles. The van der Waals surface area contributed by atoms with Crippen molar-refractivity contribution < 1.29 is 4.79 Å². The lowest BCUT2D eigenvalue weighted by atomic mass is 10.2. The Morgan fingerprint density at radius 2 is 2.31 bits per heavy atom. The Morgan fingerprint density at radius 1 is 1.56 bits per heavy atom. The molecule has 0 atom stereocenters. The minimum absolute atomic E-state index is 0.231. The van der Waals surface area contributed by atoms with Crippen molar-refractivity contribution in [3.63, 3.8) is 0 Å². The van der Waals surface area contributed by atoms with Gasteiger partial charge >= 0.3 is 0 Å². The standard InChI is InChI=1S/C13H20N2O/c1-3-15(9-11-6-7-11)10-13(16)12-5-4-8-14(12)2/h4-5,8,11H,3,6-7,9-10H2,1-2H3. The number of aromatic nitrogens is 1. The van der Waals surface area contributed by atoms with Crippen LogP contribution in [0.5, 0.6) is 0 Å². The lowest BCUT2D eigenvalue weighted by molar-refractivity contribution is 0.0923. The molecule has 0 radical (unpaired) electrons. The van der Waals surface area contributed by atoms with Crippen LogP contribution in [0.25, 0.3) is 0 Å². The van der Waals surface area contributed by atoms with Crippen LogP contribution in [-0.2, 0) is 7.05 Å². The SMILES string of the molecule is CCN(CC(=O)c1cccn1C)CC1CC1. The first kappa shape index (κ1) is 11.4. The fraction of sp³-hybridized carbons (Fsp3) is 0.615. The third-order valence-corrected chi connectivity index (χ3v) is 3.26. The van der Waals surface area contributed by atoms with E-state index in [4.69, 9.17) is 0 Å². The smallest absolute Gasteiger partial charge is 0.193 e. The number of carbonyl (C=O) groups excluding carboxylic acids is 1. The molecule has 0 saturated heterocycles. The van der Waals surface area contributed by atoms with Gasteiger partial charge < -0.3 is 4.57 Å². The quantitative estimate of drug-likeness (QED) is 0.685. The van der Waals surface area contributed by atoms with E-state index in [1.165, 1.54) is 12.8 Å². The monoisotopic (exact) mass is 220 g/mol. The number of nitrogens with zero attached hydrogens (tertiary/aromatic N) is 2. The molecule has 0 aromatic carbocycles. The van der Waals surface area contributed by atoms with E-state index in [9.17, 15) is 4.79 Å². The summed E-state index contributed by atoms with van der Waals surface area (Å²) in [5, 5.41) is 0. The molecular formula is C13H20N2O. The highest BCUT2D eigenvalue weighted by molar-refractivity contribution is 5.96. The zero-order chi connectivity index (χ0) is 11.5. The fourth-order valence-electron chi connectivity index (χ4n) is 2.01. The molecule has 2 rings (SSSR count). The van der Waals surface area contributed by atoms with Gasteiger partial charge in [0.05, 0.1) is 12.2 Å². The summed E-state index contributed by atoms with van der Waals surface area (Å²) >= 11 is 0. The van der Waals surface area contributed by atoms with E-state index in [1.54, 1.807) is 0 Å². The predicted molar refractivity (Wildman–Crippen MR) is 64.6 cm³/mol. The fourth-order valence-corrected chi connectivity index (χ4v) is 2.01. The second-order valence-corrected chi connectivity index (χ2v) is 4.70. The van der Waals surface area contributed by atoms with Gasteiger partial charge in [-0.1, -0.05) is 6.92 Å². The van der Waals surface area contributed by atoms with Crippen LogP contribution >= 0.6 is 0 Å². The minimum atomic E-state index is 0.231. The maximum Gasteiger partial charge on any atom is 0.193 e. The van der Waals surface area contributed by atoms with Gasteiger partial charge in [0.2, 0.25) is 0 Å². The van der Waals surface area contributed by atoms with Crippen molar-refractivity contribution in [2.24, 2.45) is 13.0 Å². The first-order valence-corrected chi connectivity index (χ1v) is 6.07. The maximum absolute atomic E-state index is 12.0. The third-order valence-electron chi connectivity index (χ3n) is 3.26. The van der Waals surface area contributed by atoms with Crippen molar-refractivity contribution in [3.05, 3.63) is 24.0 Å². The molecule has 0 spiro atoms. The van der Waals surface area contributed by atoms with Gasteiger partial charge in [-0.25, -0.2) is 0 Å². The number of Topliss-reactive ketones (excluding diaryl/α,β-unsaturated/α-hetero) is 1. The predicted octanol–water partition coefficient (Wildman–Crippen LogP) is 1.94. The van der Waals surface area contributed by atoms with E-state index in [2.05, 4.69) is 11.8 Å². The van der Waals surface area contributed by atoms with Crippen molar-refractivity contribution in [1.82, 2.24) is 9.47 Å². The summed E-state index contributed by atoms with van der Waals surface area (Å²) in [5.41, 5.74) is 0.814. The molecule has 1 aliphatic carbocycles. The van der Waals surface area contributed by atoms with Crippen LogP contribution in [0.4, 0.5) is 0 Å². The van der Waals surface area contributed by atoms with Gasteiger partial charge in [0.15, 0.2) is 5.78 Å². The van der Waals surface area contributed by atoms with Crippen LogP contribution in [-0.4, -0.2) is 34.9 Å². The molecule has 1 fully saturated rings. The van der Waals surface area contributed by atoms with E-state index in [1.807, 2.05) is 29.9 Å². The van der Waals surface area contributed by atoms with E-state index in [0.29, 0.717) is 6.54 Å².